The van der Waals surface area contributed by atoms with Gasteiger partial charge in [-0.3, -0.25) is 5.32 Å². The van der Waals surface area contributed by atoms with Crippen LogP contribution in [0.3, 0.4) is 0 Å². The maximum atomic E-state index is 9.72. The molecule has 0 amide bonds. The van der Waals surface area contributed by atoms with E-state index in [1.807, 2.05) is 24.3 Å². The van der Waals surface area contributed by atoms with Gasteiger partial charge in [0.15, 0.2) is 6.23 Å². The van der Waals surface area contributed by atoms with Crippen LogP contribution >= 0.6 is 11.6 Å². The third-order valence-corrected chi connectivity index (χ3v) is 2.42. The van der Waals surface area contributed by atoms with Crippen molar-refractivity contribution in [1.29, 1.82) is 0 Å². The van der Waals surface area contributed by atoms with Crippen LogP contribution in [0.1, 0.15) is 18.2 Å². The van der Waals surface area contributed by atoms with Crippen LogP contribution in [-0.2, 0) is 0 Å². The zero-order chi connectivity index (χ0) is 9.97. The molecule has 2 atom stereocenters. The molecule has 0 spiro atoms. The van der Waals surface area contributed by atoms with Crippen LogP contribution in [0.15, 0.2) is 24.3 Å². The second-order valence-electron chi connectivity index (χ2n) is 3.19. The SMILES string of the molecule is OC1NC(CCCl)Oc2ccccc21. The number of aliphatic hydroxyl groups is 1. The second-order valence-corrected chi connectivity index (χ2v) is 3.57. The molecule has 1 heterocycles. The predicted octanol–water partition coefficient (Wildman–Crippen LogP) is 1.61. The number of alkyl halides is 1. The molecule has 0 saturated carbocycles. The van der Waals surface area contributed by atoms with Gasteiger partial charge in [0, 0.05) is 17.9 Å². The third kappa shape index (κ3) is 1.85. The minimum Gasteiger partial charge on any atom is -0.475 e. The second kappa shape index (κ2) is 4.17. The summed E-state index contributed by atoms with van der Waals surface area (Å²) in [5, 5.41) is 12.6. The largest absolute Gasteiger partial charge is 0.475 e. The first-order chi connectivity index (χ1) is 6.81. The molecular formula is C10H12ClNO2. The zero-order valence-electron chi connectivity index (χ0n) is 7.61. The number of rotatable bonds is 2. The number of hydrogen-bond donors (Lipinski definition) is 2. The summed E-state index contributed by atoms with van der Waals surface area (Å²) in [4.78, 5) is 0. The fourth-order valence-corrected chi connectivity index (χ4v) is 1.71. The lowest BCUT2D eigenvalue weighted by molar-refractivity contribution is 0.0273. The summed E-state index contributed by atoms with van der Waals surface area (Å²) in [7, 11) is 0. The van der Waals surface area contributed by atoms with E-state index in [9.17, 15) is 5.11 Å². The Labute approximate surface area is 87.6 Å². The molecule has 1 aliphatic rings. The first-order valence-corrected chi connectivity index (χ1v) is 5.10. The molecule has 0 fully saturated rings. The van der Waals surface area contributed by atoms with Crippen LogP contribution in [-0.4, -0.2) is 17.2 Å². The molecule has 0 bridgehead atoms. The Morgan fingerprint density at radius 1 is 1.43 bits per heavy atom. The fourth-order valence-electron chi connectivity index (χ4n) is 1.51. The lowest BCUT2D eigenvalue weighted by Gasteiger charge is -2.30. The van der Waals surface area contributed by atoms with E-state index in [1.165, 1.54) is 0 Å². The Kier molecular flexibility index (Phi) is 2.91. The normalized spacial score (nSPS) is 25.3. The van der Waals surface area contributed by atoms with Crippen molar-refractivity contribution in [2.24, 2.45) is 0 Å². The van der Waals surface area contributed by atoms with Gasteiger partial charge in [0.05, 0.1) is 0 Å². The molecule has 3 nitrogen and oxygen atoms in total. The Balaban J connectivity index is 2.20. The fraction of sp³-hybridized carbons (Fsp3) is 0.400. The Morgan fingerprint density at radius 2 is 2.21 bits per heavy atom. The molecule has 14 heavy (non-hydrogen) atoms. The van der Waals surface area contributed by atoms with Crippen molar-refractivity contribution in [3.8, 4) is 5.75 Å². The highest BCUT2D eigenvalue weighted by molar-refractivity contribution is 6.17. The highest BCUT2D eigenvalue weighted by Gasteiger charge is 2.24. The summed E-state index contributed by atoms with van der Waals surface area (Å²) in [5.74, 6) is 1.24. The molecule has 4 heteroatoms. The monoisotopic (exact) mass is 213 g/mol. The van der Waals surface area contributed by atoms with Gasteiger partial charge in [-0.25, -0.2) is 0 Å². The smallest absolute Gasteiger partial charge is 0.153 e. The summed E-state index contributed by atoms with van der Waals surface area (Å²) < 4.78 is 5.59. The highest BCUT2D eigenvalue weighted by Crippen LogP contribution is 2.29. The summed E-state index contributed by atoms with van der Waals surface area (Å²) in [6, 6.07) is 7.44. The van der Waals surface area contributed by atoms with Gasteiger partial charge in [0.25, 0.3) is 0 Å². The van der Waals surface area contributed by atoms with Gasteiger partial charge >= 0.3 is 0 Å². The standard InChI is InChI=1S/C10H12ClNO2/c11-6-5-9-12-10(13)7-3-1-2-4-8(7)14-9/h1-4,9-10,12-13H,5-6H2. The van der Waals surface area contributed by atoms with Crippen LogP contribution in [0, 0.1) is 0 Å². The number of ether oxygens (including phenoxy) is 1. The van der Waals surface area contributed by atoms with Crippen LogP contribution in [0.4, 0.5) is 0 Å². The van der Waals surface area contributed by atoms with Crippen molar-refractivity contribution in [1.82, 2.24) is 5.32 Å². The molecule has 0 aliphatic carbocycles. The average Bonchev–Trinajstić information content (AvgIpc) is 2.18. The minimum atomic E-state index is -0.659. The van der Waals surface area contributed by atoms with E-state index in [2.05, 4.69) is 5.32 Å². The van der Waals surface area contributed by atoms with Crippen LogP contribution in [0.25, 0.3) is 0 Å². The van der Waals surface area contributed by atoms with E-state index in [4.69, 9.17) is 16.3 Å². The molecule has 0 saturated heterocycles. The van der Waals surface area contributed by atoms with Crippen LogP contribution in [0.2, 0.25) is 0 Å². The number of nitrogens with one attached hydrogen (secondary N) is 1. The first-order valence-electron chi connectivity index (χ1n) is 4.57. The lowest BCUT2D eigenvalue weighted by atomic mass is 10.1. The summed E-state index contributed by atoms with van der Waals surface area (Å²) in [6.07, 6.45) is -0.182. The quantitative estimate of drug-likeness (QED) is 0.734. The lowest BCUT2D eigenvalue weighted by Crippen LogP contribution is -2.41. The highest BCUT2D eigenvalue weighted by atomic mass is 35.5. The number of benzene rings is 1. The number of para-hydroxylation sites is 1. The number of hydrogen-bond acceptors (Lipinski definition) is 3. The maximum absolute atomic E-state index is 9.72. The Morgan fingerprint density at radius 3 is 3.00 bits per heavy atom. The Bertz CT molecular complexity index is 319. The molecule has 2 N–H and O–H groups in total. The van der Waals surface area contributed by atoms with E-state index in [1.54, 1.807) is 0 Å². The summed E-state index contributed by atoms with van der Waals surface area (Å²) >= 11 is 5.61. The molecule has 76 valence electrons. The maximum Gasteiger partial charge on any atom is 0.153 e. The van der Waals surface area contributed by atoms with Gasteiger partial charge in [0.1, 0.15) is 12.0 Å². The minimum absolute atomic E-state index is 0.197. The van der Waals surface area contributed by atoms with Crippen molar-refractivity contribution in [2.45, 2.75) is 18.9 Å². The van der Waals surface area contributed by atoms with Gasteiger partial charge in [-0.15, -0.1) is 11.6 Å². The van der Waals surface area contributed by atoms with E-state index >= 15 is 0 Å². The number of halogens is 1. The van der Waals surface area contributed by atoms with E-state index in [0.717, 1.165) is 11.3 Å². The van der Waals surface area contributed by atoms with Crippen molar-refractivity contribution < 1.29 is 9.84 Å². The van der Waals surface area contributed by atoms with Gasteiger partial charge in [-0.05, 0) is 6.07 Å². The van der Waals surface area contributed by atoms with E-state index in [0.29, 0.717) is 12.3 Å². The summed E-state index contributed by atoms with van der Waals surface area (Å²) in [6.45, 7) is 0. The molecule has 1 aromatic rings. The molecule has 0 radical (unpaired) electrons. The van der Waals surface area contributed by atoms with Crippen LogP contribution < -0.4 is 10.1 Å². The van der Waals surface area contributed by atoms with Crippen molar-refractivity contribution in [3.63, 3.8) is 0 Å². The molecular weight excluding hydrogens is 202 g/mol. The predicted molar refractivity (Wildman–Crippen MR) is 54.3 cm³/mol. The molecule has 2 rings (SSSR count). The van der Waals surface area contributed by atoms with Crippen LogP contribution in [0.5, 0.6) is 5.75 Å². The number of aliphatic hydroxyl groups excluding tert-OH is 1. The van der Waals surface area contributed by atoms with Gasteiger partial charge in [0.2, 0.25) is 0 Å². The molecule has 1 aliphatic heterocycles. The molecule has 0 aromatic heterocycles. The van der Waals surface area contributed by atoms with E-state index < -0.39 is 6.23 Å². The van der Waals surface area contributed by atoms with Gasteiger partial charge in [-0.1, -0.05) is 18.2 Å². The first kappa shape index (κ1) is 9.77. The Hall–Kier alpha value is -0.770. The van der Waals surface area contributed by atoms with Gasteiger partial charge in [-0.2, -0.15) is 0 Å². The third-order valence-electron chi connectivity index (χ3n) is 2.20. The van der Waals surface area contributed by atoms with E-state index in [-0.39, 0.29) is 6.23 Å². The number of fused-ring (bicyclic) bond motifs is 1. The zero-order valence-corrected chi connectivity index (χ0v) is 8.37. The van der Waals surface area contributed by atoms with Gasteiger partial charge < -0.3 is 9.84 Å². The van der Waals surface area contributed by atoms with Crippen molar-refractivity contribution >= 4 is 11.6 Å². The topological polar surface area (TPSA) is 41.5 Å². The molecule has 2 unspecified atom stereocenters. The molecule has 1 aromatic carbocycles. The average molecular weight is 214 g/mol. The van der Waals surface area contributed by atoms with Crippen molar-refractivity contribution in [3.05, 3.63) is 29.8 Å². The summed E-state index contributed by atoms with van der Waals surface area (Å²) in [5.41, 5.74) is 0.776. The van der Waals surface area contributed by atoms with Crippen molar-refractivity contribution in [2.75, 3.05) is 5.88 Å².